The van der Waals surface area contributed by atoms with E-state index in [0.29, 0.717) is 18.2 Å². The third kappa shape index (κ3) is 5.74. The molecule has 0 unspecified atom stereocenters. The van der Waals surface area contributed by atoms with Crippen LogP contribution in [0, 0.1) is 0 Å². The molecular weight excluding hydrogens is 384 g/mol. The highest BCUT2D eigenvalue weighted by Gasteiger charge is 2.19. The van der Waals surface area contributed by atoms with Gasteiger partial charge in [-0.05, 0) is 43.4 Å². The first kappa shape index (κ1) is 20.2. The number of esters is 1. The van der Waals surface area contributed by atoms with Gasteiger partial charge in [0, 0.05) is 18.7 Å². The largest absolute Gasteiger partial charge is 0.462 e. The highest BCUT2D eigenvalue weighted by molar-refractivity contribution is 7.99. The standard InChI is InChI=1S/C20H25ClN2O3S/c1-25-12-11-23-18(15-7-9-16(21)10-8-15)13-22-20(23)27-14-19(24)26-17-5-3-2-4-6-17/h7-10,13,17H,2-6,11-12,14H2,1H3. The molecule has 0 aliphatic heterocycles. The molecule has 7 heteroatoms. The molecule has 1 aromatic carbocycles. The van der Waals surface area contributed by atoms with E-state index in [1.54, 1.807) is 7.11 Å². The number of benzene rings is 1. The number of nitrogens with zero attached hydrogens (tertiary/aromatic N) is 2. The molecule has 0 atom stereocenters. The number of halogens is 1. The molecule has 0 spiro atoms. The van der Waals surface area contributed by atoms with E-state index in [1.807, 2.05) is 30.5 Å². The van der Waals surface area contributed by atoms with Crippen LogP contribution in [0.4, 0.5) is 0 Å². The van der Waals surface area contributed by atoms with Gasteiger partial charge < -0.3 is 14.0 Å². The van der Waals surface area contributed by atoms with Crippen molar-refractivity contribution in [1.82, 2.24) is 9.55 Å². The number of ether oxygens (including phenoxy) is 2. The molecular formula is C20H25ClN2O3S. The summed E-state index contributed by atoms with van der Waals surface area (Å²) in [5.74, 6) is 0.0989. The molecule has 1 heterocycles. The number of methoxy groups -OCH3 is 1. The molecule has 0 N–H and O–H groups in total. The maximum atomic E-state index is 12.2. The Labute approximate surface area is 169 Å². The fraction of sp³-hybridized carbons (Fsp3) is 0.500. The van der Waals surface area contributed by atoms with Crippen molar-refractivity contribution in [2.45, 2.75) is 49.9 Å². The molecule has 1 aliphatic rings. The van der Waals surface area contributed by atoms with Gasteiger partial charge in [-0.15, -0.1) is 0 Å². The minimum absolute atomic E-state index is 0.0877. The highest BCUT2D eigenvalue weighted by Crippen LogP contribution is 2.28. The number of carbonyl (C=O) groups excluding carboxylic acids is 1. The molecule has 0 radical (unpaired) electrons. The Hall–Kier alpha value is -1.50. The Morgan fingerprint density at radius 2 is 2.00 bits per heavy atom. The third-order valence-corrected chi connectivity index (χ3v) is 5.86. The predicted octanol–water partition coefficient (Wildman–Crippen LogP) is 4.82. The number of hydrogen-bond acceptors (Lipinski definition) is 5. The molecule has 5 nitrogen and oxygen atoms in total. The first-order valence-corrected chi connectivity index (χ1v) is 10.7. The van der Waals surface area contributed by atoms with Crippen LogP contribution >= 0.6 is 23.4 Å². The van der Waals surface area contributed by atoms with Gasteiger partial charge in [0.05, 0.1) is 24.3 Å². The Bertz CT molecular complexity index is 742. The lowest BCUT2D eigenvalue weighted by molar-refractivity contribution is -0.147. The van der Waals surface area contributed by atoms with Crippen molar-refractivity contribution in [3.05, 3.63) is 35.5 Å². The van der Waals surface area contributed by atoms with Crippen molar-refractivity contribution < 1.29 is 14.3 Å². The molecule has 27 heavy (non-hydrogen) atoms. The molecule has 146 valence electrons. The van der Waals surface area contributed by atoms with Gasteiger partial charge in [0.1, 0.15) is 6.10 Å². The summed E-state index contributed by atoms with van der Waals surface area (Å²) in [7, 11) is 1.67. The number of carbonyl (C=O) groups is 1. The first-order chi connectivity index (χ1) is 13.2. The average Bonchev–Trinajstić information content (AvgIpc) is 3.09. The second-order valence-electron chi connectivity index (χ2n) is 6.62. The quantitative estimate of drug-likeness (QED) is 0.463. The van der Waals surface area contributed by atoms with Gasteiger partial charge in [0.25, 0.3) is 0 Å². The summed E-state index contributed by atoms with van der Waals surface area (Å²) in [6.07, 6.45) is 7.43. The van der Waals surface area contributed by atoms with Crippen LogP contribution < -0.4 is 0 Å². The van der Waals surface area contributed by atoms with E-state index < -0.39 is 0 Å². The lowest BCUT2D eigenvalue weighted by atomic mass is 9.98. The second kappa shape index (κ2) is 10.2. The van der Waals surface area contributed by atoms with Crippen LogP contribution in [0.25, 0.3) is 11.3 Å². The summed E-state index contributed by atoms with van der Waals surface area (Å²) in [5.41, 5.74) is 2.01. The number of aromatic nitrogens is 2. The second-order valence-corrected chi connectivity index (χ2v) is 7.99. The molecule has 1 aromatic heterocycles. The van der Waals surface area contributed by atoms with Gasteiger partial charge in [0.2, 0.25) is 0 Å². The minimum Gasteiger partial charge on any atom is -0.462 e. The van der Waals surface area contributed by atoms with E-state index in [9.17, 15) is 4.79 Å². The maximum absolute atomic E-state index is 12.2. The summed E-state index contributed by atoms with van der Waals surface area (Å²) in [4.78, 5) is 16.7. The zero-order valence-electron chi connectivity index (χ0n) is 15.5. The monoisotopic (exact) mass is 408 g/mol. The van der Waals surface area contributed by atoms with Crippen molar-refractivity contribution in [1.29, 1.82) is 0 Å². The van der Waals surface area contributed by atoms with Gasteiger partial charge in [-0.25, -0.2) is 4.98 Å². The van der Waals surface area contributed by atoms with Crippen LogP contribution in [0.3, 0.4) is 0 Å². The van der Waals surface area contributed by atoms with Crippen molar-refractivity contribution in [2.24, 2.45) is 0 Å². The molecule has 0 amide bonds. The SMILES string of the molecule is COCCn1c(-c2ccc(Cl)cc2)cnc1SCC(=O)OC1CCCCC1. The van der Waals surface area contributed by atoms with Crippen LogP contribution in [0.15, 0.2) is 35.6 Å². The van der Waals surface area contributed by atoms with Crippen molar-refractivity contribution in [3.63, 3.8) is 0 Å². The van der Waals surface area contributed by atoms with Crippen LogP contribution in [0.1, 0.15) is 32.1 Å². The number of hydrogen-bond donors (Lipinski definition) is 0. The summed E-state index contributed by atoms with van der Waals surface area (Å²) in [6.45, 7) is 1.23. The molecule has 3 rings (SSSR count). The van der Waals surface area contributed by atoms with E-state index in [2.05, 4.69) is 9.55 Å². The summed E-state index contributed by atoms with van der Waals surface area (Å²) >= 11 is 7.40. The van der Waals surface area contributed by atoms with E-state index in [1.165, 1.54) is 18.2 Å². The minimum atomic E-state index is -0.166. The summed E-state index contributed by atoms with van der Waals surface area (Å²) < 4.78 is 12.9. The fourth-order valence-electron chi connectivity index (χ4n) is 3.25. The van der Waals surface area contributed by atoms with Gasteiger partial charge in [-0.2, -0.15) is 0 Å². The predicted molar refractivity (Wildman–Crippen MR) is 108 cm³/mol. The van der Waals surface area contributed by atoms with Gasteiger partial charge in [-0.3, -0.25) is 4.79 Å². The summed E-state index contributed by atoms with van der Waals surface area (Å²) in [5, 5.41) is 1.49. The number of imidazole rings is 1. The zero-order valence-corrected chi connectivity index (χ0v) is 17.1. The highest BCUT2D eigenvalue weighted by atomic mass is 35.5. The first-order valence-electron chi connectivity index (χ1n) is 9.30. The molecule has 1 saturated carbocycles. The molecule has 2 aromatic rings. The molecule has 0 bridgehead atoms. The number of rotatable bonds is 8. The Kier molecular flexibility index (Phi) is 7.61. The van der Waals surface area contributed by atoms with Crippen molar-refractivity contribution in [3.8, 4) is 11.3 Å². The Morgan fingerprint density at radius 1 is 1.26 bits per heavy atom. The molecule has 0 saturated heterocycles. The third-order valence-electron chi connectivity index (χ3n) is 4.65. The average molecular weight is 409 g/mol. The maximum Gasteiger partial charge on any atom is 0.316 e. The molecule has 1 fully saturated rings. The topological polar surface area (TPSA) is 53.4 Å². The van der Waals surface area contributed by atoms with Crippen LogP contribution in [-0.4, -0.2) is 41.1 Å². The lowest BCUT2D eigenvalue weighted by Gasteiger charge is -2.21. The van der Waals surface area contributed by atoms with E-state index in [-0.39, 0.29) is 17.8 Å². The lowest BCUT2D eigenvalue weighted by Crippen LogP contribution is -2.22. The van der Waals surface area contributed by atoms with E-state index >= 15 is 0 Å². The van der Waals surface area contributed by atoms with E-state index in [0.717, 1.165) is 42.1 Å². The van der Waals surface area contributed by atoms with Gasteiger partial charge in [-0.1, -0.05) is 41.9 Å². The normalized spacial score (nSPS) is 15.0. The van der Waals surface area contributed by atoms with Crippen LogP contribution in [0.2, 0.25) is 5.02 Å². The summed E-state index contributed by atoms with van der Waals surface area (Å²) in [6, 6.07) is 7.65. The Balaban J connectivity index is 1.66. The van der Waals surface area contributed by atoms with Gasteiger partial charge in [0.15, 0.2) is 5.16 Å². The Morgan fingerprint density at radius 3 is 2.70 bits per heavy atom. The fourth-order valence-corrected chi connectivity index (χ4v) is 4.16. The van der Waals surface area contributed by atoms with Crippen LogP contribution in [-0.2, 0) is 20.8 Å². The molecule has 1 aliphatic carbocycles. The van der Waals surface area contributed by atoms with Crippen LogP contribution in [0.5, 0.6) is 0 Å². The van der Waals surface area contributed by atoms with Gasteiger partial charge >= 0.3 is 5.97 Å². The smallest absolute Gasteiger partial charge is 0.316 e. The van der Waals surface area contributed by atoms with Crippen molar-refractivity contribution in [2.75, 3.05) is 19.5 Å². The van der Waals surface area contributed by atoms with E-state index in [4.69, 9.17) is 21.1 Å². The zero-order chi connectivity index (χ0) is 19.1. The van der Waals surface area contributed by atoms with Crippen molar-refractivity contribution >= 4 is 29.3 Å². The number of thioether (sulfide) groups is 1.